The SMILES string of the molecule is N=C(c1cn[nH]c1)c1cccc(Cl)c1N. The molecule has 0 aliphatic rings. The number of nitrogen functional groups attached to an aromatic ring is 1. The van der Waals surface area contributed by atoms with Crippen molar-refractivity contribution in [3.05, 3.63) is 46.7 Å². The lowest BCUT2D eigenvalue weighted by Gasteiger charge is -2.06. The van der Waals surface area contributed by atoms with Crippen molar-refractivity contribution in [1.82, 2.24) is 10.2 Å². The lowest BCUT2D eigenvalue weighted by molar-refractivity contribution is 1.09. The van der Waals surface area contributed by atoms with Crippen LogP contribution in [-0.2, 0) is 0 Å². The Bertz CT molecular complexity index is 490. The number of nitrogens with one attached hydrogen (secondary N) is 2. The summed E-state index contributed by atoms with van der Waals surface area (Å²) in [5, 5.41) is 14.8. The first-order valence-corrected chi connectivity index (χ1v) is 4.70. The maximum atomic E-state index is 7.93. The number of hydrogen-bond acceptors (Lipinski definition) is 3. The minimum absolute atomic E-state index is 0.309. The number of hydrogen-bond donors (Lipinski definition) is 3. The van der Waals surface area contributed by atoms with E-state index in [9.17, 15) is 0 Å². The van der Waals surface area contributed by atoms with Crippen LogP contribution in [0.1, 0.15) is 11.1 Å². The first-order valence-electron chi connectivity index (χ1n) is 4.32. The van der Waals surface area contributed by atoms with Crippen molar-refractivity contribution in [2.45, 2.75) is 0 Å². The van der Waals surface area contributed by atoms with Crippen molar-refractivity contribution in [1.29, 1.82) is 5.41 Å². The molecule has 76 valence electrons. The fourth-order valence-corrected chi connectivity index (χ4v) is 1.47. The molecule has 0 unspecified atom stereocenters. The summed E-state index contributed by atoms with van der Waals surface area (Å²) >= 11 is 5.87. The molecule has 1 aromatic heterocycles. The largest absolute Gasteiger partial charge is 0.397 e. The number of nitrogens with zero attached hydrogens (tertiary/aromatic N) is 1. The van der Waals surface area contributed by atoms with Gasteiger partial charge in [-0.15, -0.1) is 0 Å². The van der Waals surface area contributed by atoms with Crippen LogP contribution in [0, 0.1) is 5.41 Å². The number of H-pyrrole nitrogens is 1. The topological polar surface area (TPSA) is 78.5 Å². The molecule has 2 rings (SSSR count). The molecule has 1 aromatic carbocycles. The normalized spacial score (nSPS) is 10.2. The summed E-state index contributed by atoms with van der Waals surface area (Å²) in [5.74, 6) is 0. The highest BCUT2D eigenvalue weighted by atomic mass is 35.5. The molecule has 0 aliphatic heterocycles. The van der Waals surface area contributed by atoms with Gasteiger partial charge in [0.25, 0.3) is 0 Å². The Morgan fingerprint density at radius 2 is 2.27 bits per heavy atom. The Morgan fingerprint density at radius 3 is 2.93 bits per heavy atom. The molecule has 0 fully saturated rings. The number of aromatic amines is 1. The number of halogens is 1. The van der Waals surface area contributed by atoms with Crippen molar-refractivity contribution >= 4 is 23.0 Å². The predicted octanol–water partition coefficient (Wildman–Crippen LogP) is 2.06. The third-order valence-electron chi connectivity index (χ3n) is 2.11. The number of para-hydroxylation sites is 1. The Kier molecular flexibility index (Phi) is 2.43. The highest BCUT2D eigenvalue weighted by molar-refractivity contribution is 6.34. The van der Waals surface area contributed by atoms with E-state index in [-0.39, 0.29) is 0 Å². The van der Waals surface area contributed by atoms with Crippen molar-refractivity contribution < 1.29 is 0 Å². The van der Waals surface area contributed by atoms with E-state index in [2.05, 4.69) is 10.2 Å². The highest BCUT2D eigenvalue weighted by Crippen LogP contribution is 2.24. The number of rotatable bonds is 2. The van der Waals surface area contributed by atoms with E-state index in [1.807, 2.05) is 0 Å². The average Bonchev–Trinajstić information content (AvgIpc) is 2.74. The zero-order valence-electron chi connectivity index (χ0n) is 7.79. The maximum absolute atomic E-state index is 7.93. The van der Waals surface area contributed by atoms with Crippen molar-refractivity contribution in [3.8, 4) is 0 Å². The molecule has 15 heavy (non-hydrogen) atoms. The average molecular weight is 221 g/mol. The van der Waals surface area contributed by atoms with Crippen LogP contribution in [0.15, 0.2) is 30.6 Å². The number of aromatic nitrogens is 2. The van der Waals surface area contributed by atoms with Gasteiger partial charge in [0.05, 0.1) is 22.6 Å². The third kappa shape index (κ3) is 1.71. The van der Waals surface area contributed by atoms with E-state index in [1.54, 1.807) is 30.6 Å². The van der Waals surface area contributed by atoms with Gasteiger partial charge in [-0.3, -0.25) is 10.5 Å². The van der Waals surface area contributed by atoms with Crippen LogP contribution < -0.4 is 5.73 Å². The van der Waals surface area contributed by atoms with Gasteiger partial charge in [0, 0.05) is 17.3 Å². The van der Waals surface area contributed by atoms with Crippen LogP contribution in [-0.4, -0.2) is 15.9 Å². The van der Waals surface area contributed by atoms with E-state index < -0.39 is 0 Å². The molecule has 0 saturated carbocycles. The van der Waals surface area contributed by atoms with E-state index in [1.165, 1.54) is 0 Å². The molecule has 2 aromatic rings. The third-order valence-corrected chi connectivity index (χ3v) is 2.44. The van der Waals surface area contributed by atoms with Crippen LogP contribution in [0.25, 0.3) is 0 Å². The summed E-state index contributed by atoms with van der Waals surface area (Å²) < 4.78 is 0. The first kappa shape index (κ1) is 9.73. The molecule has 0 bridgehead atoms. The number of nitrogens with two attached hydrogens (primary N) is 1. The highest BCUT2D eigenvalue weighted by Gasteiger charge is 2.10. The van der Waals surface area contributed by atoms with Crippen LogP contribution >= 0.6 is 11.6 Å². The fraction of sp³-hybridized carbons (Fsp3) is 0. The molecule has 0 saturated heterocycles. The zero-order chi connectivity index (χ0) is 10.8. The van der Waals surface area contributed by atoms with Crippen LogP contribution in [0.5, 0.6) is 0 Å². The second-order valence-electron chi connectivity index (χ2n) is 3.06. The van der Waals surface area contributed by atoms with Crippen LogP contribution in [0.4, 0.5) is 5.69 Å². The van der Waals surface area contributed by atoms with Crippen LogP contribution in [0.2, 0.25) is 5.02 Å². The summed E-state index contributed by atoms with van der Waals surface area (Å²) in [6, 6.07) is 5.22. The Balaban J connectivity index is 2.47. The molecular formula is C10H9ClN4. The molecule has 0 atom stereocenters. The monoisotopic (exact) mass is 220 g/mol. The molecule has 1 heterocycles. The van der Waals surface area contributed by atoms with Gasteiger partial charge in [-0.1, -0.05) is 23.7 Å². The lowest BCUT2D eigenvalue weighted by Crippen LogP contribution is -2.04. The molecule has 0 radical (unpaired) electrons. The van der Waals surface area contributed by atoms with E-state index in [0.29, 0.717) is 27.5 Å². The van der Waals surface area contributed by atoms with Gasteiger partial charge in [-0.25, -0.2) is 0 Å². The summed E-state index contributed by atoms with van der Waals surface area (Å²) in [6.07, 6.45) is 3.21. The second kappa shape index (κ2) is 3.74. The van der Waals surface area contributed by atoms with Gasteiger partial charge in [-0.05, 0) is 6.07 Å². The Hall–Kier alpha value is -1.81. The van der Waals surface area contributed by atoms with Gasteiger partial charge in [-0.2, -0.15) is 5.10 Å². The summed E-state index contributed by atoms with van der Waals surface area (Å²) in [4.78, 5) is 0. The predicted molar refractivity (Wildman–Crippen MR) is 60.4 cm³/mol. The number of anilines is 1. The van der Waals surface area contributed by atoms with Gasteiger partial charge in [0.2, 0.25) is 0 Å². The van der Waals surface area contributed by atoms with E-state index >= 15 is 0 Å². The quantitative estimate of drug-likeness (QED) is 0.535. The molecular weight excluding hydrogens is 212 g/mol. The smallest absolute Gasteiger partial charge is 0.0737 e. The number of benzene rings is 1. The minimum Gasteiger partial charge on any atom is -0.397 e. The van der Waals surface area contributed by atoms with Crippen molar-refractivity contribution in [2.75, 3.05) is 5.73 Å². The van der Waals surface area contributed by atoms with E-state index in [4.69, 9.17) is 22.7 Å². The van der Waals surface area contributed by atoms with Gasteiger partial charge in [0.1, 0.15) is 0 Å². The molecule has 0 amide bonds. The molecule has 5 heteroatoms. The molecule has 0 aliphatic carbocycles. The van der Waals surface area contributed by atoms with Crippen LogP contribution in [0.3, 0.4) is 0 Å². The molecule has 4 nitrogen and oxygen atoms in total. The zero-order valence-corrected chi connectivity index (χ0v) is 8.55. The van der Waals surface area contributed by atoms with Gasteiger partial charge >= 0.3 is 0 Å². The fourth-order valence-electron chi connectivity index (χ4n) is 1.30. The summed E-state index contributed by atoms with van der Waals surface area (Å²) in [5.41, 5.74) is 7.82. The molecule has 0 spiro atoms. The Morgan fingerprint density at radius 1 is 1.47 bits per heavy atom. The maximum Gasteiger partial charge on any atom is 0.0737 e. The summed E-state index contributed by atoms with van der Waals surface area (Å²) in [7, 11) is 0. The molecule has 4 N–H and O–H groups in total. The standard InChI is InChI=1S/C10H9ClN4/c11-8-3-1-2-7(10(8)13)9(12)6-4-14-15-5-6/h1-5,12H,13H2,(H,14,15). The van der Waals surface area contributed by atoms with Crippen molar-refractivity contribution in [2.24, 2.45) is 0 Å². The van der Waals surface area contributed by atoms with Crippen molar-refractivity contribution in [3.63, 3.8) is 0 Å². The van der Waals surface area contributed by atoms with Gasteiger partial charge < -0.3 is 5.73 Å². The second-order valence-corrected chi connectivity index (χ2v) is 3.47. The lowest BCUT2D eigenvalue weighted by atomic mass is 10.0. The van der Waals surface area contributed by atoms with Gasteiger partial charge in [0.15, 0.2) is 0 Å². The Labute approximate surface area is 91.6 Å². The summed E-state index contributed by atoms with van der Waals surface area (Å²) in [6.45, 7) is 0. The first-order chi connectivity index (χ1) is 7.20. The van der Waals surface area contributed by atoms with E-state index in [0.717, 1.165) is 0 Å². The minimum atomic E-state index is 0.309.